The molecule has 144 valence electrons. The van der Waals surface area contributed by atoms with Crippen molar-refractivity contribution < 1.29 is 9.18 Å². The van der Waals surface area contributed by atoms with E-state index in [1.54, 1.807) is 21.7 Å². The van der Waals surface area contributed by atoms with E-state index in [2.05, 4.69) is 34.3 Å². The second kappa shape index (κ2) is 7.54. The normalized spacial score (nSPS) is 18.8. The van der Waals surface area contributed by atoms with Gasteiger partial charge in [0.05, 0.1) is 12.1 Å². The standard InChI is InChI=1S/C22H23FN4O/c1-3-4-21(28)26-19(16-7-5-15(2)6-8-16)13-20(27-22(26)24-14-25-27)17-9-11-18(23)12-10-17/h5-12,14,19-20H,3-4,13H2,1-2H3/t19-,20+/m0/s1. The summed E-state index contributed by atoms with van der Waals surface area (Å²) in [4.78, 5) is 19.2. The Morgan fingerprint density at radius 3 is 2.39 bits per heavy atom. The average molecular weight is 378 g/mol. The first-order chi connectivity index (χ1) is 13.6. The fraction of sp³-hybridized carbons (Fsp3) is 0.318. The molecule has 0 N–H and O–H groups in total. The molecule has 1 aliphatic rings. The fourth-order valence-corrected chi connectivity index (χ4v) is 3.85. The number of hydrogen-bond acceptors (Lipinski definition) is 3. The lowest BCUT2D eigenvalue weighted by Crippen LogP contribution is -2.42. The van der Waals surface area contributed by atoms with Gasteiger partial charge in [0, 0.05) is 6.42 Å². The van der Waals surface area contributed by atoms with Crippen LogP contribution in [0.25, 0.3) is 0 Å². The molecule has 2 aromatic carbocycles. The number of fused-ring (bicyclic) bond motifs is 1. The van der Waals surface area contributed by atoms with Gasteiger partial charge in [-0.3, -0.25) is 9.69 Å². The van der Waals surface area contributed by atoms with Gasteiger partial charge in [-0.05, 0) is 43.0 Å². The van der Waals surface area contributed by atoms with Crippen molar-refractivity contribution in [2.24, 2.45) is 0 Å². The molecule has 1 aromatic heterocycles. The van der Waals surface area contributed by atoms with E-state index in [-0.39, 0.29) is 23.8 Å². The van der Waals surface area contributed by atoms with Crippen molar-refractivity contribution in [3.05, 3.63) is 77.4 Å². The zero-order valence-corrected chi connectivity index (χ0v) is 16.0. The van der Waals surface area contributed by atoms with E-state index in [1.165, 1.54) is 24.0 Å². The molecule has 0 saturated carbocycles. The van der Waals surface area contributed by atoms with E-state index in [0.29, 0.717) is 18.8 Å². The molecule has 3 aromatic rings. The molecule has 0 fully saturated rings. The monoisotopic (exact) mass is 378 g/mol. The number of aryl methyl sites for hydroxylation is 1. The molecule has 5 nitrogen and oxygen atoms in total. The van der Waals surface area contributed by atoms with E-state index in [1.807, 2.05) is 13.8 Å². The van der Waals surface area contributed by atoms with Crippen molar-refractivity contribution in [3.8, 4) is 0 Å². The first kappa shape index (κ1) is 18.3. The Kier molecular flexibility index (Phi) is 4.94. The molecular weight excluding hydrogens is 355 g/mol. The quantitative estimate of drug-likeness (QED) is 0.667. The van der Waals surface area contributed by atoms with Crippen LogP contribution in [0, 0.1) is 12.7 Å². The van der Waals surface area contributed by atoms with Gasteiger partial charge in [-0.2, -0.15) is 10.1 Å². The lowest BCUT2D eigenvalue weighted by atomic mass is 9.91. The summed E-state index contributed by atoms with van der Waals surface area (Å²) in [6, 6.07) is 14.5. The van der Waals surface area contributed by atoms with Gasteiger partial charge in [-0.15, -0.1) is 0 Å². The summed E-state index contributed by atoms with van der Waals surface area (Å²) in [7, 11) is 0. The van der Waals surface area contributed by atoms with Gasteiger partial charge < -0.3 is 0 Å². The number of nitrogens with zero attached hydrogens (tertiary/aromatic N) is 4. The third-order valence-corrected chi connectivity index (χ3v) is 5.27. The highest BCUT2D eigenvalue weighted by Crippen LogP contribution is 2.42. The minimum Gasteiger partial charge on any atom is -0.274 e. The average Bonchev–Trinajstić information content (AvgIpc) is 3.18. The number of hydrogen-bond donors (Lipinski definition) is 0. The topological polar surface area (TPSA) is 51.0 Å². The Hall–Kier alpha value is -3.02. The number of carbonyl (C=O) groups is 1. The fourth-order valence-electron chi connectivity index (χ4n) is 3.85. The largest absolute Gasteiger partial charge is 0.274 e. The van der Waals surface area contributed by atoms with E-state index in [9.17, 15) is 9.18 Å². The predicted octanol–water partition coefficient (Wildman–Crippen LogP) is 4.59. The highest BCUT2D eigenvalue weighted by molar-refractivity contribution is 5.92. The van der Waals surface area contributed by atoms with Crippen LogP contribution in [0.2, 0.25) is 0 Å². The maximum atomic E-state index is 13.4. The molecule has 0 unspecified atom stereocenters. The Balaban J connectivity index is 1.81. The van der Waals surface area contributed by atoms with Crippen LogP contribution in [0.4, 0.5) is 10.3 Å². The molecular formula is C22H23FN4O. The van der Waals surface area contributed by atoms with Gasteiger partial charge >= 0.3 is 0 Å². The maximum Gasteiger partial charge on any atom is 0.231 e. The summed E-state index contributed by atoms with van der Waals surface area (Å²) >= 11 is 0. The highest BCUT2D eigenvalue weighted by atomic mass is 19.1. The zero-order valence-electron chi connectivity index (χ0n) is 16.0. The second-order valence-electron chi connectivity index (χ2n) is 7.25. The molecule has 1 amide bonds. The number of halogens is 1. The number of carbonyl (C=O) groups excluding carboxylic acids is 1. The molecule has 0 radical (unpaired) electrons. The summed E-state index contributed by atoms with van der Waals surface area (Å²) in [5.41, 5.74) is 3.19. The molecule has 4 rings (SSSR count). The van der Waals surface area contributed by atoms with Crippen molar-refractivity contribution >= 4 is 11.9 Å². The van der Waals surface area contributed by atoms with Crippen LogP contribution in [0.5, 0.6) is 0 Å². The Labute approximate surface area is 163 Å². The smallest absolute Gasteiger partial charge is 0.231 e. The molecule has 2 atom stereocenters. The van der Waals surface area contributed by atoms with Crippen LogP contribution in [0.3, 0.4) is 0 Å². The van der Waals surface area contributed by atoms with Crippen molar-refractivity contribution in [1.82, 2.24) is 14.8 Å². The van der Waals surface area contributed by atoms with Gasteiger partial charge in [-0.1, -0.05) is 48.9 Å². The van der Waals surface area contributed by atoms with Crippen LogP contribution < -0.4 is 4.90 Å². The number of anilines is 1. The highest BCUT2D eigenvalue weighted by Gasteiger charge is 2.38. The summed E-state index contributed by atoms with van der Waals surface area (Å²) < 4.78 is 15.2. The Bertz CT molecular complexity index is 965. The van der Waals surface area contributed by atoms with E-state index >= 15 is 0 Å². The summed E-state index contributed by atoms with van der Waals surface area (Å²) in [6.45, 7) is 4.04. The van der Waals surface area contributed by atoms with E-state index in [0.717, 1.165) is 17.5 Å². The van der Waals surface area contributed by atoms with Gasteiger partial charge in [-0.25, -0.2) is 9.07 Å². The molecule has 6 heteroatoms. The zero-order chi connectivity index (χ0) is 19.7. The van der Waals surface area contributed by atoms with Crippen molar-refractivity contribution in [1.29, 1.82) is 0 Å². The third-order valence-electron chi connectivity index (χ3n) is 5.27. The Morgan fingerprint density at radius 2 is 1.71 bits per heavy atom. The van der Waals surface area contributed by atoms with Crippen LogP contribution in [-0.4, -0.2) is 20.7 Å². The number of aromatic nitrogens is 3. The molecule has 1 aliphatic heterocycles. The molecule has 0 spiro atoms. The van der Waals surface area contributed by atoms with Gasteiger partial charge in [0.1, 0.15) is 12.1 Å². The SMILES string of the molecule is CCCC(=O)N1c2ncnn2[C@@H](c2ccc(F)cc2)C[C@H]1c1ccc(C)cc1. The van der Waals surface area contributed by atoms with Crippen molar-refractivity contribution in [2.45, 2.75) is 45.2 Å². The maximum absolute atomic E-state index is 13.4. The van der Waals surface area contributed by atoms with E-state index < -0.39 is 0 Å². The van der Waals surface area contributed by atoms with Crippen LogP contribution >= 0.6 is 0 Å². The first-order valence-corrected chi connectivity index (χ1v) is 9.62. The molecule has 2 heterocycles. The second-order valence-corrected chi connectivity index (χ2v) is 7.25. The number of benzene rings is 2. The van der Waals surface area contributed by atoms with Crippen LogP contribution in [-0.2, 0) is 4.79 Å². The predicted molar refractivity (Wildman–Crippen MR) is 105 cm³/mol. The number of rotatable bonds is 4. The Morgan fingerprint density at radius 1 is 1.07 bits per heavy atom. The van der Waals surface area contributed by atoms with Crippen molar-refractivity contribution in [2.75, 3.05) is 4.90 Å². The van der Waals surface area contributed by atoms with Crippen molar-refractivity contribution in [3.63, 3.8) is 0 Å². The minimum atomic E-state index is -0.270. The third kappa shape index (κ3) is 3.30. The minimum absolute atomic E-state index is 0.0416. The van der Waals surface area contributed by atoms with Crippen LogP contribution in [0.15, 0.2) is 54.9 Å². The van der Waals surface area contributed by atoms with Gasteiger partial charge in [0.2, 0.25) is 11.9 Å². The lowest BCUT2D eigenvalue weighted by molar-refractivity contribution is -0.119. The molecule has 0 aliphatic carbocycles. The van der Waals surface area contributed by atoms with E-state index in [4.69, 9.17) is 0 Å². The summed E-state index contributed by atoms with van der Waals surface area (Å²) in [6.07, 6.45) is 3.36. The molecule has 0 bridgehead atoms. The molecule has 28 heavy (non-hydrogen) atoms. The first-order valence-electron chi connectivity index (χ1n) is 9.62. The summed E-state index contributed by atoms with van der Waals surface area (Å²) in [5.74, 6) is 0.317. The lowest BCUT2D eigenvalue weighted by Gasteiger charge is -2.39. The van der Waals surface area contributed by atoms with Crippen LogP contribution in [0.1, 0.15) is 55.0 Å². The van der Waals surface area contributed by atoms with Gasteiger partial charge in [0.15, 0.2) is 0 Å². The summed E-state index contributed by atoms with van der Waals surface area (Å²) in [5, 5.41) is 4.39. The molecule has 0 saturated heterocycles. The number of amides is 1. The van der Waals surface area contributed by atoms with Gasteiger partial charge in [0.25, 0.3) is 0 Å².